The summed E-state index contributed by atoms with van der Waals surface area (Å²) in [5.41, 5.74) is 0. The van der Waals surface area contributed by atoms with Crippen LogP contribution >= 0.6 is 0 Å². The third kappa shape index (κ3) is 16.0. The number of nitrogens with zero attached hydrogens (tertiary/aromatic N) is 4. The molecule has 0 fully saturated rings. The van der Waals surface area contributed by atoms with Gasteiger partial charge in [-0.15, -0.1) is 0 Å². The van der Waals surface area contributed by atoms with Gasteiger partial charge >= 0.3 is 0 Å². The van der Waals surface area contributed by atoms with Gasteiger partial charge in [-0.3, -0.25) is 0 Å². The van der Waals surface area contributed by atoms with Gasteiger partial charge in [-0.2, -0.15) is 0 Å². The van der Waals surface area contributed by atoms with Crippen molar-refractivity contribution in [2.24, 2.45) is 0 Å². The monoisotopic (exact) mass is 548 g/mol. The van der Waals surface area contributed by atoms with Gasteiger partial charge in [-0.05, 0) is 36.5 Å². The van der Waals surface area contributed by atoms with Gasteiger partial charge in [0.2, 0.25) is 0 Å². The molecule has 0 spiro atoms. The van der Waals surface area contributed by atoms with Gasteiger partial charge in [0.1, 0.15) is 39.3 Å². The standard InChI is InChI=1S/C28H60N4O6/c1-29(2,13-7-9-15-31(17-23-33,18-24-34)19-25-35)11-5-6-12-30(3,4)14-8-10-16-32(20-26-36,21-27-37)22-28-38/h5-10,33-38H,11-28H2,1-4H3/q+4/b6-5+,9-7+,10-8+. The molecule has 0 aliphatic heterocycles. The summed E-state index contributed by atoms with van der Waals surface area (Å²) >= 11 is 0. The van der Waals surface area contributed by atoms with E-state index >= 15 is 0 Å². The van der Waals surface area contributed by atoms with E-state index in [1.54, 1.807) is 0 Å². The molecule has 0 radical (unpaired) electrons. The fourth-order valence-corrected chi connectivity index (χ4v) is 4.68. The van der Waals surface area contributed by atoms with Gasteiger partial charge in [0.25, 0.3) is 0 Å². The lowest BCUT2D eigenvalue weighted by Gasteiger charge is -2.36. The normalized spacial score (nSPS) is 14.1. The first kappa shape index (κ1) is 36.8. The Balaban J connectivity index is 4.76. The minimum atomic E-state index is 0.0297. The van der Waals surface area contributed by atoms with Gasteiger partial charge in [0, 0.05) is 0 Å². The minimum absolute atomic E-state index is 0.0297. The molecule has 0 saturated heterocycles. The summed E-state index contributed by atoms with van der Waals surface area (Å²) < 4.78 is 2.58. The summed E-state index contributed by atoms with van der Waals surface area (Å²) in [5.74, 6) is 0. The molecule has 0 atom stereocenters. The third-order valence-electron chi connectivity index (χ3n) is 7.33. The third-order valence-corrected chi connectivity index (χ3v) is 7.33. The molecular formula is C28H60N4O6+4. The first-order chi connectivity index (χ1) is 18.0. The second kappa shape index (κ2) is 19.8. The van der Waals surface area contributed by atoms with Crippen LogP contribution in [0.4, 0.5) is 0 Å². The van der Waals surface area contributed by atoms with Gasteiger partial charge in [-0.1, -0.05) is 0 Å². The number of aliphatic hydroxyl groups excluding tert-OH is 6. The summed E-state index contributed by atoms with van der Waals surface area (Å²) in [6.07, 6.45) is 13.0. The number of rotatable bonds is 24. The largest absolute Gasteiger partial charge is 0.391 e. The molecule has 0 aliphatic carbocycles. The van der Waals surface area contributed by atoms with Crippen molar-refractivity contribution in [3.63, 3.8) is 0 Å². The first-order valence-corrected chi connectivity index (χ1v) is 13.9. The van der Waals surface area contributed by atoms with Crippen molar-refractivity contribution in [2.45, 2.75) is 0 Å². The van der Waals surface area contributed by atoms with Crippen molar-refractivity contribution in [3.8, 4) is 0 Å². The lowest BCUT2D eigenvalue weighted by atomic mass is 10.2. The van der Waals surface area contributed by atoms with Crippen molar-refractivity contribution in [2.75, 3.05) is 146 Å². The Labute approximate surface area is 231 Å². The average molecular weight is 549 g/mol. The molecule has 38 heavy (non-hydrogen) atoms. The SMILES string of the molecule is C[N+](C)(C/C=C/C[N+](C)(C)C/C=C/C[N+](CCO)(CCO)CCO)C/C=C/C[N+](CCO)(CCO)CCO. The average Bonchev–Trinajstić information content (AvgIpc) is 2.84. The zero-order chi connectivity index (χ0) is 29.0. The highest BCUT2D eigenvalue weighted by molar-refractivity contribution is 4.86. The van der Waals surface area contributed by atoms with Crippen molar-refractivity contribution >= 4 is 0 Å². The van der Waals surface area contributed by atoms with Crippen LogP contribution in [0.15, 0.2) is 36.5 Å². The van der Waals surface area contributed by atoms with E-state index in [9.17, 15) is 30.6 Å². The highest BCUT2D eigenvalue weighted by Gasteiger charge is 2.25. The maximum Gasteiger partial charge on any atom is 0.102 e. The van der Waals surface area contributed by atoms with E-state index in [4.69, 9.17) is 0 Å². The van der Waals surface area contributed by atoms with Crippen LogP contribution in [-0.2, 0) is 0 Å². The maximum atomic E-state index is 9.43. The Bertz CT molecular complexity index is 592. The number of aliphatic hydroxyl groups is 6. The Morgan fingerprint density at radius 3 is 0.711 bits per heavy atom. The smallest absolute Gasteiger partial charge is 0.102 e. The topological polar surface area (TPSA) is 121 Å². The van der Waals surface area contributed by atoms with Crippen molar-refractivity contribution in [1.82, 2.24) is 0 Å². The van der Waals surface area contributed by atoms with Gasteiger partial charge in [0.05, 0.1) is 107 Å². The molecule has 0 rings (SSSR count). The molecule has 10 heteroatoms. The Kier molecular flexibility index (Phi) is 19.2. The molecular weight excluding hydrogens is 488 g/mol. The second-order valence-electron chi connectivity index (χ2n) is 11.7. The molecule has 0 aliphatic rings. The molecule has 10 nitrogen and oxygen atoms in total. The molecule has 0 heterocycles. The maximum absolute atomic E-state index is 9.43. The fraction of sp³-hybridized carbons (Fsp3) is 0.786. The lowest BCUT2D eigenvalue weighted by Crippen LogP contribution is -2.53. The van der Waals surface area contributed by atoms with Crippen molar-refractivity contribution < 1.29 is 48.6 Å². The summed E-state index contributed by atoms with van der Waals surface area (Å²) in [7, 11) is 8.74. The zero-order valence-corrected chi connectivity index (χ0v) is 24.7. The van der Waals surface area contributed by atoms with Crippen LogP contribution in [0.1, 0.15) is 0 Å². The van der Waals surface area contributed by atoms with Gasteiger partial charge in [0.15, 0.2) is 0 Å². The van der Waals surface area contributed by atoms with Crippen molar-refractivity contribution in [3.05, 3.63) is 36.5 Å². The molecule has 0 aromatic rings. The number of hydrogen-bond acceptors (Lipinski definition) is 6. The Hall–Kier alpha value is -1.18. The van der Waals surface area contributed by atoms with Crippen molar-refractivity contribution in [1.29, 1.82) is 0 Å². The summed E-state index contributed by atoms with van der Waals surface area (Å²) in [4.78, 5) is 0. The highest BCUT2D eigenvalue weighted by atomic mass is 16.3. The number of likely N-dealkylation sites (N-methyl/N-ethyl adjacent to an activating group) is 2. The van der Waals surface area contributed by atoms with E-state index in [1.807, 2.05) is 0 Å². The molecule has 224 valence electrons. The van der Waals surface area contributed by atoms with Gasteiger partial charge < -0.3 is 48.6 Å². The predicted octanol–water partition coefficient (Wildman–Crippen LogP) is -1.60. The van der Waals surface area contributed by atoms with E-state index < -0.39 is 0 Å². The highest BCUT2D eigenvalue weighted by Crippen LogP contribution is 2.09. The van der Waals surface area contributed by atoms with Crippen LogP contribution in [-0.4, -0.2) is 195 Å². The molecule has 6 N–H and O–H groups in total. The Morgan fingerprint density at radius 1 is 0.342 bits per heavy atom. The zero-order valence-electron chi connectivity index (χ0n) is 24.7. The van der Waals surface area contributed by atoms with Crippen LogP contribution in [0.25, 0.3) is 0 Å². The minimum Gasteiger partial charge on any atom is -0.391 e. The molecule has 0 unspecified atom stereocenters. The molecule has 0 aromatic heterocycles. The van der Waals surface area contributed by atoms with Crippen LogP contribution in [0.5, 0.6) is 0 Å². The predicted molar refractivity (Wildman–Crippen MR) is 153 cm³/mol. The lowest BCUT2D eigenvalue weighted by molar-refractivity contribution is -0.923. The van der Waals surface area contributed by atoms with Crippen LogP contribution < -0.4 is 0 Å². The fourth-order valence-electron chi connectivity index (χ4n) is 4.68. The van der Waals surface area contributed by atoms with E-state index in [-0.39, 0.29) is 39.6 Å². The number of hydrogen-bond donors (Lipinski definition) is 6. The number of quaternary nitrogens is 4. The van der Waals surface area contributed by atoms with Crippen LogP contribution in [0.3, 0.4) is 0 Å². The first-order valence-electron chi connectivity index (χ1n) is 13.9. The van der Waals surface area contributed by atoms with E-state index in [1.165, 1.54) is 0 Å². The summed E-state index contributed by atoms with van der Waals surface area (Å²) in [6.45, 7) is 8.15. The summed E-state index contributed by atoms with van der Waals surface area (Å²) in [6, 6.07) is 0. The molecule has 0 saturated carbocycles. The van der Waals surface area contributed by atoms with Crippen LogP contribution in [0.2, 0.25) is 0 Å². The molecule has 0 amide bonds. The van der Waals surface area contributed by atoms with Gasteiger partial charge in [-0.25, -0.2) is 0 Å². The van der Waals surface area contributed by atoms with E-state index in [0.717, 1.165) is 35.1 Å². The van der Waals surface area contributed by atoms with E-state index in [0.29, 0.717) is 61.3 Å². The quantitative estimate of drug-likeness (QED) is 0.0638. The molecule has 0 aromatic carbocycles. The second-order valence-corrected chi connectivity index (χ2v) is 11.7. The Morgan fingerprint density at radius 2 is 0.526 bits per heavy atom. The van der Waals surface area contributed by atoms with Crippen LogP contribution in [0, 0.1) is 0 Å². The molecule has 0 bridgehead atoms. The van der Waals surface area contributed by atoms with E-state index in [2.05, 4.69) is 64.6 Å². The summed E-state index contributed by atoms with van der Waals surface area (Å²) in [5, 5.41) is 56.6.